The number of amides is 2. The first-order chi connectivity index (χ1) is 18.9. The van der Waals surface area contributed by atoms with Gasteiger partial charge in [0.1, 0.15) is 12.7 Å². The summed E-state index contributed by atoms with van der Waals surface area (Å²) >= 11 is 5.95. The number of carbonyl (C=O) groups excluding carboxylic acids is 2. The molecule has 0 bridgehead atoms. The van der Waals surface area contributed by atoms with E-state index in [1.165, 1.54) is 37.7 Å². The van der Waals surface area contributed by atoms with Crippen molar-refractivity contribution < 1.29 is 9.59 Å². The van der Waals surface area contributed by atoms with Crippen molar-refractivity contribution in [3.8, 4) is 12.8 Å². The van der Waals surface area contributed by atoms with Crippen LogP contribution in [0, 0.1) is 24.2 Å². The van der Waals surface area contributed by atoms with Gasteiger partial charge in [-0.25, -0.2) is 4.98 Å². The van der Waals surface area contributed by atoms with Crippen LogP contribution in [-0.4, -0.2) is 44.6 Å². The summed E-state index contributed by atoms with van der Waals surface area (Å²) in [5.74, 6) is 0.788. The van der Waals surface area contributed by atoms with Gasteiger partial charge in [0.15, 0.2) is 0 Å². The lowest BCUT2D eigenvalue weighted by molar-refractivity contribution is -0.134. The van der Waals surface area contributed by atoms with Gasteiger partial charge in [-0.15, -0.1) is 19.4 Å². The van der Waals surface area contributed by atoms with E-state index in [0.717, 1.165) is 62.7 Å². The molecule has 0 spiro atoms. The fraction of sp³-hybridized carbons (Fsp3) is 0.548. The summed E-state index contributed by atoms with van der Waals surface area (Å²) in [6, 6.07) is 7.81. The van der Waals surface area contributed by atoms with Gasteiger partial charge in [0.25, 0.3) is 0 Å². The van der Waals surface area contributed by atoms with E-state index in [4.69, 9.17) is 17.3 Å². The van der Waals surface area contributed by atoms with E-state index in [9.17, 15) is 9.59 Å². The van der Waals surface area contributed by atoms with E-state index in [1.807, 2.05) is 35.3 Å². The van der Waals surface area contributed by atoms with Gasteiger partial charge in [-0.1, -0.05) is 49.1 Å². The third-order valence-electron chi connectivity index (χ3n) is 7.90. The SMILES string of the molecule is C#C.C=CCCCC(N)=O.O=C(CCc1ccc(Cl)cc1)N1CCC(Cn2cncn2)(C2CCCCC2)CC1. The first-order valence-electron chi connectivity index (χ1n) is 14.0. The second kappa shape index (κ2) is 17.5. The molecule has 1 aliphatic heterocycles. The lowest BCUT2D eigenvalue weighted by Gasteiger charge is -2.48. The van der Waals surface area contributed by atoms with Gasteiger partial charge in [-0.3, -0.25) is 14.3 Å². The first kappa shape index (κ1) is 32.1. The molecule has 4 rings (SSSR count). The Morgan fingerprint density at radius 2 is 1.77 bits per heavy atom. The fourth-order valence-electron chi connectivity index (χ4n) is 5.73. The highest BCUT2D eigenvalue weighted by atomic mass is 35.5. The Balaban J connectivity index is 0.000000460. The van der Waals surface area contributed by atoms with Crippen molar-refractivity contribution in [1.82, 2.24) is 19.7 Å². The number of hydrogen-bond donors (Lipinski definition) is 1. The van der Waals surface area contributed by atoms with Gasteiger partial charge < -0.3 is 10.6 Å². The highest BCUT2D eigenvalue weighted by molar-refractivity contribution is 6.30. The Bertz CT molecular complexity index is 1010. The van der Waals surface area contributed by atoms with Gasteiger partial charge >= 0.3 is 0 Å². The standard InChI is InChI=1S/C23H31ClN4O.C6H11NO.C2H2/c24-21-9-6-19(7-10-21)8-11-22(29)27-14-12-23(13-15-27,16-28-18-25-17-26-28)20-4-2-1-3-5-20;1-2-3-4-5-6(7)8;1-2/h6-7,9-10,17-18,20H,1-5,8,11-16H2;2H,1,3-5H2,(H2,7,8);1-2H. The number of aryl methyl sites for hydroxylation is 1. The zero-order valence-corrected chi connectivity index (χ0v) is 23.9. The van der Waals surface area contributed by atoms with E-state index in [2.05, 4.69) is 34.4 Å². The van der Waals surface area contributed by atoms with Crippen LogP contribution in [0.25, 0.3) is 0 Å². The summed E-state index contributed by atoms with van der Waals surface area (Å²) in [5, 5.41) is 5.13. The topological polar surface area (TPSA) is 94.1 Å². The van der Waals surface area contributed by atoms with Gasteiger partial charge in [-0.2, -0.15) is 5.10 Å². The van der Waals surface area contributed by atoms with Gasteiger partial charge in [0, 0.05) is 37.5 Å². The summed E-state index contributed by atoms with van der Waals surface area (Å²) in [7, 11) is 0. The molecule has 2 aliphatic rings. The van der Waals surface area contributed by atoms with Crippen molar-refractivity contribution in [3.05, 3.63) is 60.2 Å². The van der Waals surface area contributed by atoms with E-state index in [-0.39, 0.29) is 17.2 Å². The fourth-order valence-corrected chi connectivity index (χ4v) is 5.86. The molecule has 2 N–H and O–H groups in total. The molecule has 1 aliphatic carbocycles. The molecule has 212 valence electrons. The molecule has 0 unspecified atom stereocenters. The van der Waals surface area contributed by atoms with Crippen LogP contribution in [0.3, 0.4) is 0 Å². The van der Waals surface area contributed by atoms with E-state index >= 15 is 0 Å². The number of benzene rings is 1. The van der Waals surface area contributed by atoms with E-state index in [1.54, 1.807) is 12.4 Å². The zero-order chi connectivity index (χ0) is 28.5. The Labute approximate surface area is 239 Å². The summed E-state index contributed by atoms with van der Waals surface area (Å²) in [6.07, 6.45) is 25.6. The molecular weight excluding hydrogens is 510 g/mol. The number of aromatic nitrogens is 3. The third kappa shape index (κ3) is 10.9. The number of likely N-dealkylation sites (tertiary alicyclic amines) is 1. The quantitative estimate of drug-likeness (QED) is 0.227. The number of nitrogens with two attached hydrogens (primary N) is 1. The van der Waals surface area contributed by atoms with Gasteiger partial charge in [-0.05, 0) is 74.0 Å². The number of unbranched alkanes of at least 4 members (excludes halogenated alkanes) is 1. The Morgan fingerprint density at radius 1 is 1.10 bits per heavy atom. The second-order valence-electron chi connectivity index (χ2n) is 10.4. The number of piperidine rings is 1. The van der Waals surface area contributed by atoms with Crippen molar-refractivity contribution in [3.63, 3.8) is 0 Å². The maximum absolute atomic E-state index is 12.8. The van der Waals surface area contributed by atoms with E-state index < -0.39 is 0 Å². The van der Waals surface area contributed by atoms with Crippen LogP contribution in [0.15, 0.2) is 49.6 Å². The number of terminal acetylenes is 1. The first-order valence-corrected chi connectivity index (χ1v) is 14.4. The van der Waals surface area contributed by atoms with Crippen molar-refractivity contribution >= 4 is 23.4 Å². The average Bonchev–Trinajstić information content (AvgIpc) is 3.48. The number of rotatable bonds is 10. The maximum atomic E-state index is 12.8. The molecule has 0 atom stereocenters. The van der Waals surface area contributed by atoms with E-state index in [0.29, 0.717) is 12.8 Å². The number of allylic oxidation sites excluding steroid dienone is 1. The predicted molar refractivity (Wildman–Crippen MR) is 158 cm³/mol. The molecule has 2 aromatic rings. The molecule has 2 heterocycles. The van der Waals surface area contributed by atoms with Crippen LogP contribution >= 0.6 is 11.6 Å². The average molecular weight is 554 g/mol. The molecule has 1 aromatic heterocycles. The lowest BCUT2D eigenvalue weighted by atomic mass is 9.63. The largest absolute Gasteiger partial charge is 0.370 e. The zero-order valence-electron chi connectivity index (χ0n) is 23.1. The highest BCUT2D eigenvalue weighted by Gasteiger charge is 2.42. The Hall–Kier alpha value is -3.11. The Kier molecular flexibility index (Phi) is 14.4. The minimum Gasteiger partial charge on any atom is -0.370 e. The van der Waals surface area contributed by atoms with Crippen molar-refractivity contribution in [2.45, 2.75) is 83.6 Å². The monoisotopic (exact) mass is 553 g/mol. The number of primary amides is 1. The smallest absolute Gasteiger partial charge is 0.222 e. The number of nitrogens with zero attached hydrogens (tertiary/aromatic N) is 4. The van der Waals surface area contributed by atoms with Crippen LogP contribution in [0.1, 0.15) is 76.2 Å². The summed E-state index contributed by atoms with van der Waals surface area (Å²) < 4.78 is 2.01. The normalized spacial score (nSPS) is 16.6. The van der Waals surface area contributed by atoms with Gasteiger partial charge in [0.05, 0.1) is 0 Å². The molecule has 1 aromatic carbocycles. The summed E-state index contributed by atoms with van der Waals surface area (Å²) in [5.41, 5.74) is 6.28. The van der Waals surface area contributed by atoms with Crippen LogP contribution in [-0.2, 0) is 22.6 Å². The third-order valence-corrected chi connectivity index (χ3v) is 8.15. The van der Waals surface area contributed by atoms with Crippen LogP contribution < -0.4 is 5.73 Å². The number of carbonyl (C=O) groups is 2. The molecule has 39 heavy (non-hydrogen) atoms. The molecule has 1 saturated carbocycles. The van der Waals surface area contributed by atoms with Crippen LogP contribution in [0.5, 0.6) is 0 Å². The molecule has 2 fully saturated rings. The molecule has 8 heteroatoms. The lowest BCUT2D eigenvalue weighted by Crippen LogP contribution is -2.48. The summed E-state index contributed by atoms with van der Waals surface area (Å²) in [4.78, 5) is 29.1. The maximum Gasteiger partial charge on any atom is 0.222 e. The molecule has 0 radical (unpaired) electrons. The van der Waals surface area contributed by atoms with Crippen LogP contribution in [0.2, 0.25) is 5.02 Å². The molecule has 2 amide bonds. The van der Waals surface area contributed by atoms with Crippen molar-refractivity contribution in [2.24, 2.45) is 17.1 Å². The van der Waals surface area contributed by atoms with Gasteiger partial charge in [0.2, 0.25) is 11.8 Å². The highest BCUT2D eigenvalue weighted by Crippen LogP contribution is 2.47. The predicted octanol–water partition coefficient (Wildman–Crippen LogP) is 5.83. The second-order valence-corrected chi connectivity index (χ2v) is 10.9. The summed E-state index contributed by atoms with van der Waals surface area (Å²) in [6.45, 7) is 6.17. The number of hydrogen-bond acceptors (Lipinski definition) is 4. The Morgan fingerprint density at radius 3 is 2.33 bits per heavy atom. The van der Waals surface area contributed by atoms with Crippen LogP contribution in [0.4, 0.5) is 0 Å². The minimum atomic E-state index is -0.230. The molecular formula is C31H44ClN5O2. The van der Waals surface area contributed by atoms with Crippen molar-refractivity contribution in [1.29, 1.82) is 0 Å². The number of halogens is 1. The molecule has 1 saturated heterocycles. The van der Waals surface area contributed by atoms with Crippen molar-refractivity contribution in [2.75, 3.05) is 13.1 Å². The minimum absolute atomic E-state index is 0.230. The molecule has 7 nitrogen and oxygen atoms in total.